The lowest BCUT2D eigenvalue weighted by molar-refractivity contribution is 0.134. The molecule has 0 saturated carbocycles. The van der Waals surface area contributed by atoms with Gasteiger partial charge >= 0.3 is 8.80 Å². The molecule has 0 spiro atoms. The van der Waals surface area contributed by atoms with Gasteiger partial charge in [-0.05, 0) is 12.2 Å². The highest BCUT2D eigenvalue weighted by molar-refractivity contribution is 7.78. The molecule has 13 heavy (non-hydrogen) atoms. The van der Waals surface area contributed by atoms with Crippen LogP contribution in [0.25, 0.3) is 0 Å². The second-order valence-corrected chi connectivity index (χ2v) is 5.41. The molecule has 0 aliphatic heterocycles. The first-order valence-corrected chi connectivity index (χ1v) is 5.67. The van der Waals surface area contributed by atoms with Crippen LogP contribution in [0, 0.1) is 0 Å². The normalized spacial score (nSPS) is 10.7. The van der Waals surface area contributed by atoms with Crippen molar-refractivity contribution < 1.29 is 13.3 Å². The molecule has 0 N–H and O–H groups in total. The Labute approximate surface area is 84.6 Å². The van der Waals surface area contributed by atoms with Crippen molar-refractivity contribution in [3.63, 3.8) is 0 Å². The van der Waals surface area contributed by atoms with Crippen LogP contribution in [0.3, 0.4) is 0 Å². The molecule has 0 fully saturated rings. The molecule has 0 aromatic heterocycles. The third kappa shape index (κ3) is 3.11. The Morgan fingerprint density at radius 3 is 2.15 bits per heavy atom. The zero-order valence-corrected chi connectivity index (χ0v) is 9.81. The van der Waals surface area contributed by atoms with Gasteiger partial charge in [-0.15, -0.1) is 0 Å². The van der Waals surface area contributed by atoms with E-state index in [1.54, 1.807) is 0 Å². The maximum atomic E-state index is 5.17. The highest BCUT2D eigenvalue weighted by Gasteiger charge is 2.41. The van der Waals surface area contributed by atoms with Crippen LogP contribution in [0.4, 0.5) is 0 Å². The molecule has 0 aromatic rings. The maximum absolute atomic E-state index is 5.17. The topological polar surface area (TPSA) is 40.0 Å². The Morgan fingerprint density at radius 2 is 1.85 bits per heavy atom. The number of hydrogen-bond donors (Lipinski definition) is 0. The average Bonchev–Trinajstić information content (AvgIpc) is 2.18. The molecule has 0 rings (SSSR count). The summed E-state index contributed by atoms with van der Waals surface area (Å²) in [6.07, 6.45) is 0. The zero-order valence-electron chi connectivity index (χ0n) is 7.99. The number of nitrogens with zero attached hydrogens (tertiary/aromatic N) is 1. The fourth-order valence-corrected chi connectivity index (χ4v) is 2.61. The summed E-state index contributed by atoms with van der Waals surface area (Å²) in [6.45, 7) is 4.11. The van der Waals surface area contributed by atoms with E-state index < -0.39 is 8.80 Å². The van der Waals surface area contributed by atoms with Crippen molar-refractivity contribution in [3.05, 3.63) is 11.8 Å². The van der Waals surface area contributed by atoms with Gasteiger partial charge in [0.05, 0.1) is 11.7 Å². The lowest BCUT2D eigenvalue weighted by atomic mass is 10.6. The van der Waals surface area contributed by atoms with Crippen molar-refractivity contribution in [2.24, 2.45) is 4.99 Å². The van der Waals surface area contributed by atoms with Gasteiger partial charge in [0.15, 0.2) is 0 Å². The molecule has 4 nitrogen and oxygen atoms in total. The molecular weight excluding hydrogens is 206 g/mol. The number of thiocarbonyl (C=S) groups is 1. The minimum atomic E-state index is -2.73. The van der Waals surface area contributed by atoms with Gasteiger partial charge in [0, 0.05) is 26.5 Å². The zero-order chi connectivity index (χ0) is 10.3. The number of isothiocyanates is 1. The summed E-state index contributed by atoms with van der Waals surface area (Å²) < 4.78 is 15.5. The fourth-order valence-electron chi connectivity index (χ4n) is 0.908. The number of hydrogen-bond acceptors (Lipinski definition) is 5. The lowest BCUT2D eigenvalue weighted by Crippen LogP contribution is -2.46. The Morgan fingerprint density at radius 1 is 1.38 bits per heavy atom. The Kier molecular flexibility index (Phi) is 5.97. The standard InChI is InChI=1S/C7H13NO3SSi/c1-7(5-8-6-12)13(9-2,10-3)11-4/h1,5H2,2-4H3. The van der Waals surface area contributed by atoms with Crippen molar-refractivity contribution in [2.45, 2.75) is 0 Å². The van der Waals surface area contributed by atoms with Crippen molar-refractivity contribution in [1.82, 2.24) is 0 Å². The number of aliphatic imine (C=N–C) groups is 1. The maximum Gasteiger partial charge on any atom is 0.533 e. The summed E-state index contributed by atoms with van der Waals surface area (Å²) in [5.74, 6) is 0. The van der Waals surface area contributed by atoms with E-state index in [9.17, 15) is 0 Å². The second kappa shape index (κ2) is 6.15. The molecule has 0 unspecified atom stereocenters. The van der Waals surface area contributed by atoms with Crippen molar-refractivity contribution >= 4 is 26.2 Å². The Bertz CT molecular complexity index is 216. The smallest absolute Gasteiger partial charge is 0.374 e. The van der Waals surface area contributed by atoms with Crippen LogP contribution in [-0.2, 0) is 13.3 Å². The van der Waals surface area contributed by atoms with Gasteiger partial charge in [0.1, 0.15) is 0 Å². The monoisotopic (exact) mass is 219 g/mol. The van der Waals surface area contributed by atoms with E-state index in [-0.39, 0.29) is 0 Å². The van der Waals surface area contributed by atoms with Crippen LogP contribution in [0.5, 0.6) is 0 Å². The van der Waals surface area contributed by atoms with E-state index in [0.29, 0.717) is 11.7 Å². The minimum Gasteiger partial charge on any atom is -0.374 e. The second-order valence-electron chi connectivity index (χ2n) is 2.18. The van der Waals surface area contributed by atoms with Gasteiger partial charge in [0.25, 0.3) is 0 Å². The van der Waals surface area contributed by atoms with Crippen LogP contribution in [0.1, 0.15) is 0 Å². The highest BCUT2D eigenvalue weighted by atomic mass is 32.1. The van der Waals surface area contributed by atoms with Gasteiger partial charge in [0.2, 0.25) is 0 Å². The van der Waals surface area contributed by atoms with E-state index >= 15 is 0 Å². The molecule has 0 aromatic carbocycles. The summed E-state index contributed by atoms with van der Waals surface area (Å²) in [7, 11) is 1.83. The highest BCUT2D eigenvalue weighted by Crippen LogP contribution is 2.15. The van der Waals surface area contributed by atoms with E-state index in [1.807, 2.05) is 0 Å². The molecule has 0 saturated heterocycles. The van der Waals surface area contributed by atoms with Crippen LogP contribution in [0.15, 0.2) is 16.8 Å². The average molecular weight is 219 g/mol. The van der Waals surface area contributed by atoms with E-state index in [0.717, 1.165) is 0 Å². The fraction of sp³-hybridized carbons (Fsp3) is 0.571. The first kappa shape index (κ1) is 12.6. The molecule has 0 heterocycles. The van der Waals surface area contributed by atoms with E-state index in [2.05, 4.69) is 29.0 Å². The first-order valence-electron chi connectivity index (χ1n) is 3.54. The summed E-state index contributed by atoms with van der Waals surface area (Å²) in [4.78, 5) is 3.74. The molecular formula is C7H13NO3SSi. The third-order valence-corrected chi connectivity index (χ3v) is 4.34. The summed E-state index contributed by atoms with van der Waals surface area (Å²) in [6, 6.07) is 0. The van der Waals surface area contributed by atoms with Gasteiger partial charge in [-0.25, -0.2) is 4.99 Å². The van der Waals surface area contributed by atoms with Gasteiger partial charge < -0.3 is 13.3 Å². The first-order chi connectivity index (χ1) is 6.16. The van der Waals surface area contributed by atoms with E-state index in [1.165, 1.54) is 21.3 Å². The summed E-state index contributed by atoms with van der Waals surface area (Å²) >= 11 is 4.44. The van der Waals surface area contributed by atoms with Crippen LogP contribution >= 0.6 is 12.2 Å². The lowest BCUT2D eigenvalue weighted by Gasteiger charge is -2.24. The SMILES string of the molecule is C=C(CN=C=S)[Si](OC)(OC)OC. The van der Waals surface area contributed by atoms with Gasteiger partial charge in [-0.1, -0.05) is 6.58 Å². The van der Waals surface area contributed by atoms with Crippen LogP contribution in [0.2, 0.25) is 0 Å². The van der Waals surface area contributed by atoms with Crippen molar-refractivity contribution in [3.8, 4) is 0 Å². The van der Waals surface area contributed by atoms with Gasteiger partial charge in [-0.2, -0.15) is 0 Å². The molecule has 0 aliphatic rings. The largest absolute Gasteiger partial charge is 0.533 e. The molecule has 0 amide bonds. The number of rotatable bonds is 6. The minimum absolute atomic E-state index is 0.325. The van der Waals surface area contributed by atoms with Crippen molar-refractivity contribution in [1.29, 1.82) is 0 Å². The Hall–Kier alpha value is -0.363. The molecule has 6 heteroatoms. The summed E-state index contributed by atoms with van der Waals surface area (Å²) in [5.41, 5.74) is 0. The molecule has 0 bridgehead atoms. The predicted molar refractivity (Wildman–Crippen MR) is 55.8 cm³/mol. The Balaban J connectivity index is 4.52. The van der Waals surface area contributed by atoms with Crippen molar-refractivity contribution in [2.75, 3.05) is 27.9 Å². The van der Waals surface area contributed by atoms with Crippen LogP contribution in [-0.4, -0.2) is 41.8 Å². The molecule has 0 aliphatic carbocycles. The molecule has 0 atom stereocenters. The van der Waals surface area contributed by atoms with Crippen LogP contribution < -0.4 is 0 Å². The summed E-state index contributed by atoms with van der Waals surface area (Å²) in [5, 5.41) is 2.91. The quantitative estimate of drug-likeness (QED) is 0.380. The van der Waals surface area contributed by atoms with E-state index in [4.69, 9.17) is 13.3 Å². The molecule has 0 radical (unpaired) electrons. The van der Waals surface area contributed by atoms with Gasteiger partial charge in [-0.3, -0.25) is 0 Å². The predicted octanol–water partition coefficient (Wildman–Crippen LogP) is 1.06. The third-order valence-electron chi connectivity index (χ3n) is 1.57. The molecule has 74 valence electrons.